The molecule has 1 fully saturated rings. The molecule has 4 heteroatoms. The summed E-state index contributed by atoms with van der Waals surface area (Å²) in [4.78, 5) is 14.2. The van der Waals surface area contributed by atoms with E-state index >= 15 is 0 Å². The van der Waals surface area contributed by atoms with Gasteiger partial charge in [0, 0.05) is 6.54 Å². The minimum atomic E-state index is -0.126. The molecule has 0 unspecified atom stereocenters. The van der Waals surface area contributed by atoms with Crippen LogP contribution in [-0.2, 0) is 4.74 Å². The van der Waals surface area contributed by atoms with Crippen LogP contribution in [0.15, 0.2) is 18.2 Å². The Morgan fingerprint density at radius 1 is 1.44 bits per heavy atom. The van der Waals surface area contributed by atoms with Crippen LogP contribution in [0.1, 0.15) is 29.8 Å². The van der Waals surface area contributed by atoms with Gasteiger partial charge in [0.2, 0.25) is 0 Å². The highest BCUT2D eigenvalue weighted by atomic mass is 16.5. The van der Waals surface area contributed by atoms with E-state index in [1.54, 1.807) is 23.1 Å². The Bertz CT molecular complexity index is 458. The molecule has 1 aromatic rings. The molecule has 1 N–H and O–H groups in total. The summed E-state index contributed by atoms with van der Waals surface area (Å²) in [6.07, 6.45) is 0.0228. The maximum absolute atomic E-state index is 12.4. The molecule has 0 aromatic heterocycles. The van der Waals surface area contributed by atoms with E-state index in [-0.39, 0.29) is 23.8 Å². The number of nitrogens with zero attached hydrogens (tertiary/aromatic N) is 1. The smallest absolute Gasteiger partial charge is 0.258 e. The van der Waals surface area contributed by atoms with Crippen molar-refractivity contribution >= 4 is 5.91 Å². The predicted molar refractivity (Wildman–Crippen MR) is 68.8 cm³/mol. The van der Waals surface area contributed by atoms with Gasteiger partial charge < -0.3 is 14.7 Å². The molecule has 1 aliphatic heterocycles. The van der Waals surface area contributed by atoms with E-state index in [9.17, 15) is 9.90 Å². The van der Waals surface area contributed by atoms with Crippen LogP contribution >= 0.6 is 0 Å². The van der Waals surface area contributed by atoms with Crippen LogP contribution in [0.4, 0.5) is 0 Å². The predicted octanol–water partition coefficient (Wildman–Crippen LogP) is 1.95. The Balaban J connectivity index is 2.27. The molecule has 1 heterocycles. The van der Waals surface area contributed by atoms with E-state index in [4.69, 9.17) is 4.74 Å². The van der Waals surface area contributed by atoms with E-state index in [1.807, 2.05) is 20.8 Å². The molecule has 98 valence electrons. The van der Waals surface area contributed by atoms with Crippen LogP contribution in [0, 0.1) is 6.92 Å². The summed E-state index contributed by atoms with van der Waals surface area (Å²) in [5.74, 6) is -0.0872. The number of hydrogen-bond donors (Lipinski definition) is 1. The van der Waals surface area contributed by atoms with E-state index in [0.29, 0.717) is 18.7 Å². The molecule has 0 spiro atoms. The number of carbonyl (C=O) groups is 1. The van der Waals surface area contributed by atoms with Crippen molar-refractivity contribution in [1.82, 2.24) is 4.90 Å². The molecule has 18 heavy (non-hydrogen) atoms. The molecule has 1 amide bonds. The average molecular weight is 249 g/mol. The monoisotopic (exact) mass is 249 g/mol. The van der Waals surface area contributed by atoms with Crippen LogP contribution in [0.2, 0.25) is 0 Å². The topological polar surface area (TPSA) is 49.8 Å². The molecule has 0 aliphatic carbocycles. The Morgan fingerprint density at radius 3 is 2.89 bits per heavy atom. The molecule has 1 aliphatic rings. The molecule has 1 saturated heterocycles. The number of ether oxygens (including phenoxy) is 1. The first kappa shape index (κ1) is 12.9. The Kier molecular flexibility index (Phi) is 3.57. The molecule has 2 atom stereocenters. The largest absolute Gasteiger partial charge is 0.507 e. The van der Waals surface area contributed by atoms with Crippen molar-refractivity contribution < 1.29 is 14.6 Å². The van der Waals surface area contributed by atoms with Gasteiger partial charge in [0.05, 0.1) is 24.3 Å². The first-order valence-corrected chi connectivity index (χ1v) is 6.23. The Labute approximate surface area is 107 Å². The second-order valence-corrected chi connectivity index (χ2v) is 4.84. The summed E-state index contributed by atoms with van der Waals surface area (Å²) >= 11 is 0. The average Bonchev–Trinajstić information content (AvgIpc) is 2.35. The van der Waals surface area contributed by atoms with Gasteiger partial charge in [-0.2, -0.15) is 0 Å². The van der Waals surface area contributed by atoms with Gasteiger partial charge in [-0.15, -0.1) is 0 Å². The number of hydrogen-bond acceptors (Lipinski definition) is 3. The maximum Gasteiger partial charge on any atom is 0.258 e. The first-order chi connectivity index (χ1) is 8.50. The van der Waals surface area contributed by atoms with Gasteiger partial charge in [0.1, 0.15) is 5.75 Å². The third kappa shape index (κ3) is 2.34. The summed E-state index contributed by atoms with van der Waals surface area (Å²) < 4.78 is 5.50. The van der Waals surface area contributed by atoms with E-state index in [2.05, 4.69) is 0 Å². The quantitative estimate of drug-likeness (QED) is 0.827. The van der Waals surface area contributed by atoms with Crippen molar-refractivity contribution in [2.45, 2.75) is 32.9 Å². The highest BCUT2D eigenvalue weighted by Crippen LogP contribution is 2.23. The minimum Gasteiger partial charge on any atom is -0.507 e. The molecule has 4 nitrogen and oxygen atoms in total. The van der Waals surface area contributed by atoms with Gasteiger partial charge in [-0.1, -0.05) is 11.6 Å². The molecule has 0 bridgehead atoms. The maximum atomic E-state index is 12.4. The first-order valence-electron chi connectivity index (χ1n) is 6.23. The van der Waals surface area contributed by atoms with Gasteiger partial charge in [0.25, 0.3) is 5.91 Å². The van der Waals surface area contributed by atoms with Crippen LogP contribution in [0.5, 0.6) is 5.75 Å². The van der Waals surface area contributed by atoms with E-state index in [0.717, 1.165) is 5.56 Å². The molecule has 0 saturated carbocycles. The number of aryl methyl sites for hydroxylation is 1. The number of benzene rings is 1. The zero-order chi connectivity index (χ0) is 13.3. The lowest BCUT2D eigenvalue weighted by atomic mass is 10.1. The number of aromatic hydroxyl groups is 1. The molecule has 1 aromatic carbocycles. The van der Waals surface area contributed by atoms with Gasteiger partial charge in [-0.25, -0.2) is 0 Å². The highest BCUT2D eigenvalue weighted by Gasteiger charge is 2.30. The van der Waals surface area contributed by atoms with Crippen molar-refractivity contribution in [3.8, 4) is 5.75 Å². The number of phenols is 1. The summed E-state index contributed by atoms with van der Waals surface area (Å²) in [6.45, 7) is 6.94. The van der Waals surface area contributed by atoms with E-state index < -0.39 is 0 Å². The molecule has 2 rings (SSSR count). The lowest BCUT2D eigenvalue weighted by Gasteiger charge is -2.38. The SMILES string of the molecule is Cc1ccc(O)c(C(=O)N2CCO[C@H](C)[C@H]2C)c1. The number of amides is 1. The normalized spacial score (nSPS) is 24.1. The van der Waals surface area contributed by atoms with Crippen molar-refractivity contribution in [1.29, 1.82) is 0 Å². The standard InChI is InChI=1S/C14H19NO3/c1-9-4-5-13(16)12(8-9)14(17)15-6-7-18-11(3)10(15)2/h4-5,8,10-11,16H,6-7H2,1-3H3/t10-,11-/m1/s1. The number of carbonyl (C=O) groups excluding carboxylic acids is 1. The Hall–Kier alpha value is -1.55. The van der Waals surface area contributed by atoms with Crippen molar-refractivity contribution in [2.24, 2.45) is 0 Å². The number of rotatable bonds is 1. The second kappa shape index (κ2) is 4.98. The summed E-state index contributed by atoms with van der Waals surface area (Å²) in [5, 5.41) is 9.81. The van der Waals surface area contributed by atoms with Crippen LogP contribution < -0.4 is 0 Å². The van der Waals surface area contributed by atoms with Crippen molar-refractivity contribution in [3.05, 3.63) is 29.3 Å². The summed E-state index contributed by atoms with van der Waals surface area (Å²) in [7, 11) is 0. The second-order valence-electron chi connectivity index (χ2n) is 4.84. The van der Waals surface area contributed by atoms with Gasteiger partial charge in [-0.05, 0) is 32.9 Å². The molecular formula is C14H19NO3. The van der Waals surface area contributed by atoms with Crippen LogP contribution in [0.3, 0.4) is 0 Å². The lowest BCUT2D eigenvalue weighted by Crippen LogP contribution is -2.51. The molecule has 0 radical (unpaired) electrons. The van der Waals surface area contributed by atoms with Gasteiger partial charge in [0.15, 0.2) is 0 Å². The summed E-state index contributed by atoms with van der Waals surface area (Å²) in [5.41, 5.74) is 1.33. The van der Waals surface area contributed by atoms with E-state index in [1.165, 1.54) is 0 Å². The zero-order valence-corrected chi connectivity index (χ0v) is 11.0. The number of phenolic OH excluding ortho intramolecular Hbond substituents is 1. The van der Waals surface area contributed by atoms with Gasteiger partial charge >= 0.3 is 0 Å². The minimum absolute atomic E-state index is 0.0196. The van der Waals surface area contributed by atoms with Crippen molar-refractivity contribution in [3.63, 3.8) is 0 Å². The number of morpholine rings is 1. The lowest BCUT2D eigenvalue weighted by molar-refractivity contribution is -0.0441. The van der Waals surface area contributed by atoms with Crippen LogP contribution in [-0.4, -0.2) is 41.2 Å². The van der Waals surface area contributed by atoms with Crippen LogP contribution in [0.25, 0.3) is 0 Å². The summed E-state index contributed by atoms with van der Waals surface area (Å²) in [6, 6.07) is 5.10. The molecular weight excluding hydrogens is 230 g/mol. The van der Waals surface area contributed by atoms with Gasteiger partial charge in [-0.3, -0.25) is 4.79 Å². The highest BCUT2D eigenvalue weighted by molar-refractivity contribution is 5.97. The fraction of sp³-hybridized carbons (Fsp3) is 0.500. The third-order valence-corrected chi connectivity index (χ3v) is 3.53. The Morgan fingerprint density at radius 2 is 2.17 bits per heavy atom. The fourth-order valence-corrected chi connectivity index (χ4v) is 2.20. The third-order valence-electron chi connectivity index (χ3n) is 3.53. The van der Waals surface area contributed by atoms with Crippen molar-refractivity contribution in [2.75, 3.05) is 13.2 Å². The fourth-order valence-electron chi connectivity index (χ4n) is 2.20. The zero-order valence-electron chi connectivity index (χ0n) is 11.0.